The highest BCUT2D eigenvalue weighted by molar-refractivity contribution is 5.15. The number of hydrogen-bond donors (Lipinski definition) is 0. The van der Waals surface area contributed by atoms with E-state index in [-0.39, 0.29) is 5.69 Å². The minimum Gasteiger partial charge on any atom is -0.357 e. The van der Waals surface area contributed by atoms with Crippen LogP contribution in [0.25, 0.3) is 0 Å². The summed E-state index contributed by atoms with van der Waals surface area (Å²) in [5, 5.41) is 12.7. The van der Waals surface area contributed by atoms with Gasteiger partial charge in [0, 0.05) is 0 Å². The van der Waals surface area contributed by atoms with E-state index in [0.29, 0.717) is 0 Å². The van der Waals surface area contributed by atoms with Gasteiger partial charge in [0.15, 0.2) is 0 Å². The molecule has 1 rings (SSSR count). The fourth-order valence-corrected chi connectivity index (χ4v) is 0.260. The molecule has 0 saturated heterocycles. The van der Waals surface area contributed by atoms with Gasteiger partial charge in [-0.3, -0.25) is 10.1 Å². The van der Waals surface area contributed by atoms with E-state index in [1.807, 2.05) is 6.20 Å². The van der Waals surface area contributed by atoms with Gasteiger partial charge in [-0.05, 0) is 0 Å². The van der Waals surface area contributed by atoms with Gasteiger partial charge in [-0.1, -0.05) is 5.16 Å². The van der Waals surface area contributed by atoms with Crippen LogP contribution in [0, 0.1) is 16.3 Å². The van der Waals surface area contributed by atoms with E-state index in [1.54, 1.807) is 0 Å². The van der Waals surface area contributed by atoms with Gasteiger partial charge in [0.1, 0.15) is 0 Å². The van der Waals surface area contributed by atoms with E-state index in [4.69, 9.17) is 0 Å². The summed E-state index contributed by atoms with van der Waals surface area (Å²) in [5.74, 6) is 0. The minimum atomic E-state index is -0.628. The van der Waals surface area contributed by atoms with Gasteiger partial charge in [-0.15, -0.1) is 0 Å². The SMILES string of the molecule is O=[N+]([O-])c1[c]noc1. The first-order valence-electron chi connectivity index (χ1n) is 1.77. The van der Waals surface area contributed by atoms with Crippen molar-refractivity contribution >= 4 is 5.69 Å². The standard InChI is InChI=1S/C3HN2O3/c6-5(7)3-1-4-8-2-3/h2H. The summed E-state index contributed by atoms with van der Waals surface area (Å²) in [5.41, 5.74) is -0.245. The molecule has 0 aromatic carbocycles. The molecule has 0 saturated carbocycles. The Morgan fingerprint density at radius 1 is 2.00 bits per heavy atom. The highest BCUT2D eigenvalue weighted by Gasteiger charge is 2.06. The topological polar surface area (TPSA) is 69.2 Å². The van der Waals surface area contributed by atoms with Crippen LogP contribution in [0.1, 0.15) is 0 Å². The monoisotopic (exact) mass is 113 g/mol. The van der Waals surface area contributed by atoms with Crippen molar-refractivity contribution in [3.63, 3.8) is 0 Å². The van der Waals surface area contributed by atoms with Crippen LogP contribution in [-0.4, -0.2) is 10.1 Å². The molecule has 8 heavy (non-hydrogen) atoms. The van der Waals surface area contributed by atoms with E-state index in [1.165, 1.54) is 0 Å². The summed E-state index contributed by atoms with van der Waals surface area (Å²) in [6.07, 6.45) is 2.94. The Labute approximate surface area is 44.0 Å². The highest BCUT2D eigenvalue weighted by Crippen LogP contribution is 2.04. The van der Waals surface area contributed by atoms with Crippen molar-refractivity contribution in [3.8, 4) is 0 Å². The largest absolute Gasteiger partial charge is 0.357 e. The van der Waals surface area contributed by atoms with Crippen LogP contribution in [0.3, 0.4) is 0 Å². The van der Waals surface area contributed by atoms with Crippen molar-refractivity contribution in [1.29, 1.82) is 0 Å². The number of nitrogens with zero attached hydrogens (tertiary/aromatic N) is 2. The van der Waals surface area contributed by atoms with Crippen molar-refractivity contribution < 1.29 is 9.45 Å². The van der Waals surface area contributed by atoms with E-state index in [0.717, 1.165) is 6.26 Å². The lowest BCUT2D eigenvalue weighted by atomic mass is 10.6. The second-order valence-electron chi connectivity index (χ2n) is 1.07. The summed E-state index contributed by atoms with van der Waals surface area (Å²) in [6.45, 7) is 0. The van der Waals surface area contributed by atoms with Crippen LogP contribution < -0.4 is 0 Å². The third-order valence-corrected chi connectivity index (χ3v) is 0.574. The van der Waals surface area contributed by atoms with Crippen LogP contribution in [0.15, 0.2) is 10.8 Å². The first kappa shape index (κ1) is 4.76. The van der Waals surface area contributed by atoms with Crippen molar-refractivity contribution in [2.24, 2.45) is 0 Å². The van der Waals surface area contributed by atoms with Crippen LogP contribution in [0.4, 0.5) is 5.69 Å². The van der Waals surface area contributed by atoms with E-state index < -0.39 is 4.92 Å². The molecule has 0 bridgehead atoms. The van der Waals surface area contributed by atoms with Crippen LogP contribution in [-0.2, 0) is 0 Å². The molecule has 5 nitrogen and oxygen atoms in total. The molecule has 1 aromatic rings. The molecule has 0 unspecified atom stereocenters. The quantitative estimate of drug-likeness (QED) is 0.390. The van der Waals surface area contributed by atoms with E-state index in [9.17, 15) is 10.1 Å². The third kappa shape index (κ3) is 0.651. The van der Waals surface area contributed by atoms with E-state index >= 15 is 0 Å². The fourth-order valence-electron chi connectivity index (χ4n) is 0.260. The van der Waals surface area contributed by atoms with Crippen LogP contribution >= 0.6 is 0 Å². The summed E-state index contributed by atoms with van der Waals surface area (Å²) >= 11 is 0. The van der Waals surface area contributed by atoms with Crippen molar-refractivity contribution in [3.05, 3.63) is 22.6 Å². The molecule has 5 heteroatoms. The normalized spacial score (nSPS) is 9.00. The fraction of sp³-hybridized carbons (Fsp3) is 0. The number of rotatable bonds is 1. The average molecular weight is 113 g/mol. The molecular weight excluding hydrogens is 112 g/mol. The Morgan fingerprint density at radius 2 is 2.75 bits per heavy atom. The lowest BCUT2D eigenvalue weighted by Crippen LogP contribution is -1.82. The Bertz CT molecular complexity index is 180. The van der Waals surface area contributed by atoms with Gasteiger partial charge in [-0.2, -0.15) is 0 Å². The minimum absolute atomic E-state index is 0.245. The summed E-state index contributed by atoms with van der Waals surface area (Å²) in [6, 6.07) is 0. The molecule has 0 aliphatic carbocycles. The van der Waals surface area contributed by atoms with Gasteiger partial charge in [0.2, 0.25) is 12.5 Å². The van der Waals surface area contributed by atoms with Crippen molar-refractivity contribution in [2.75, 3.05) is 0 Å². The molecule has 41 valence electrons. The Kier molecular flexibility index (Phi) is 0.957. The third-order valence-electron chi connectivity index (χ3n) is 0.574. The molecule has 0 aliphatic heterocycles. The smallest absolute Gasteiger partial charge is 0.338 e. The van der Waals surface area contributed by atoms with Gasteiger partial charge in [0.25, 0.3) is 0 Å². The zero-order valence-electron chi connectivity index (χ0n) is 3.70. The Hall–Kier alpha value is -1.39. The molecule has 0 N–H and O–H groups in total. The molecule has 0 spiro atoms. The molecule has 0 aliphatic rings. The number of hydrogen-bond acceptors (Lipinski definition) is 4. The lowest BCUT2D eigenvalue weighted by molar-refractivity contribution is -0.385. The Morgan fingerprint density at radius 3 is 3.00 bits per heavy atom. The molecule has 0 atom stereocenters. The van der Waals surface area contributed by atoms with Gasteiger partial charge in [0.05, 0.1) is 4.92 Å². The van der Waals surface area contributed by atoms with Crippen LogP contribution in [0.2, 0.25) is 0 Å². The molecule has 0 fully saturated rings. The zero-order chi connectivity index (χ0) is 5.98. The molecule has 1 radical (unpaired) electrons. The van der Waals surface area contributed by atoms with Gasteiger partial charge in [-0.25, -0.2) is 0 Å². The van der Waals surface area contributed by atoms with Crippen molar-refractivity contribution in [2.45, 2.75) is 0 Å². The first-order valence-corrected chi connectivity index (χ1v) is 1.77. The molecule has 1 aromatic heterocycles. The first-order chi connectivity index (χ1) is 3.80. The summed E-state index contributed by atoms with van der Waals surface area (Å²) < 4.78 is 4.13. The summed E-state index contributed by atoms with van der Waals surface area (Å²) in [4.78, 5) is 9.11. The molecule has 0 amide bonds. The van der Waals surface area contributed by atoms with E-state index in [2.05, 4.69) is 9.68 Å². The number of aromatic nitrogens is 1. The zero-order valence-corrected chi connectivity index (χ0v) is 3.70. The molecular formula is C3HN2O3. The predicted molar refractivity (Wildman–Crippen MR) is 22.0 cm³/mol. The van der Waals surface area contributed by atoms with Crippen LogP contribution in [0.5, 0.6) is 0 Å². The highest BCUT2D eigenvalue weighted by atomic mass is 16.6. The average Bonchev–Trinajstić information content (AvgIpc) is 2.12. The second kappa shape index (κ2) is 1.61. The van der Waals surface area contributed by atoms with Gasteiger partial charge >= 0.3 is 5.69 Å². The van der Waals surface area contributed by atoms with Crippen molar-refractivity contribution in [1.82, 2.24) is 5.16 Å². The maximum absolute atomic E-state index is 9.74. The maximum Gasteiger partial charge on any atom is 0.338 e. The lowest BCUT2D eigenvalue weighted by Gasteiger charge is -1.73. The summed E-state index contributed by atoms with van der Waals surface area (Å²) in [7, 11) is 0. The second-order valence-corrected chi connectivity index (χ2v) is 1.07. The number of nitro groups is 1. The predicted octanol–water partition coefficient (Wildman–Crippen LogP) is 0.383. The van der Waals surface area contributed by atoms with Gasteiger partial charge < -0.3 is 4.52 Å². The maximum atomic E-state index is 9.74. The Balaban J connectivity index is 2.93. The molecule has 1 heterocycles.